The maximum Gasteiger partial charge on any atom is 0.432 e. The van der Waals surface area contributed by atoms with Crippen LogP contribution in [0.2, 0.25) is 0 Å². The predicted molar refractivity (Wildman–Crippen MR) is 135 cm³/mol. The fraction of sp³-hybridized carbons (Fsp3) is 0.630. The molecule has 0 bridgehead atoms. The Morgan fingerprint density at radius 3 is 2.47 bits per heavy atom. The van der Waals surface area contributed by atoms with Gasteiger partial charge < -0.3 is 5.32 Å². The highest BCUT2D eigenvalue weighted by atomic mass is 16.5. The Bertz CT molecular complexity index is 889. The molecule has 0 spiro atoms. The standard InChI is InChI=1S/C27H40N4O5/c1-21-10-9-17-31(21,25(33)24(19-30(36)20-32)18-23-14-5-6-15-23)27(35)29-26(34)28-16-8-7-13-22-11-3-2-4-12-22/h2-4,11-12,20-21,23-24,36H,5-10,13-19H2,1H3,(H-,28,29,34,35)/p+1/t21-,24-,31?/m1/s1. The zero-order valence-corrected chi connectivity index (χ0v) is 21.4. The van der Waals surface area contributed by atoms with Gasteiger partial charge in [-0.15, -0.1) is 0 Å². The Morgan fingerprint density at radius 1 is 1.11 bits per heavy atom. The minimum absolute atomic E-state index is 0.146. The van der Waals surface area contributed by atoms with E-state index in [1.165, 1.54) is 5.56 Å². The van der Waals surface area contributed by atoms with Crippen LogP contribution in [0.4, 0.5) is 9.59 Å². The molecule has 0 radical (unpaired) electrons. The van der Waals surface area contributed by atoms with Crippen LogP contribution >= 0.6 is 0 Å². The molecule has 1 aromatic rings. The van der Waals surface area contributed by atoms with E-state index < -0.39 is 22.5 Å². The van der Waals surface area contributed by atoms with Gasteiger partial charge in [-0.3, -0.25) is 10.0 Å². The second-order valence-electron chi connectivity index (χ2n) is 10.4. The second kappa shape index (κ2) is 13.5. The molecule has 1 aliphatic heterocycles. The molecule has 3 atom stereocenters. The zero-order chi connectivity index (χ0) is 26.0. The number of benzene rings is 1. The maximum absolute atomic E-state index is 13.9. The van der Waals surface area contributed by atoms with E-state index in [2.05, 4.69) is 22.8 Å². The van der Waals surface area contributed by atoms with Crippen LogP contribution in [0.25, 0.3) is 0 Å². The van der Waals surface area contributed by atoms with Crippen molar-refractivity contribution in [2.75, 3.05) is 19.6 Å². The lowest BCUT2D eigenvalue weighted by Crippen LogP contribution is -2.66. The number of quaternary nitrogens is 1. The van der Waals surface area contributed by atoms with Crippen molar-refractivity contribution >= 4 is 24.4 Å². The summed E-state index contributed by atoms with van der Waals surface area (Å²) in [4.78, 5) is 51.0. The van der Waals surface area contributed by atoms with Crippen molar-refractivity contribution < 1.29 is 28.9 Å². The maximum atomic E-state index is 13.9. The average Bonchev–Trinajstić information content (AvgIpc) is 3.53. The Kier molecular flexibility index (Phi) is 10.4. The first-order valence-corrected chi connectivity index (χ1v) is 13.3. The van der Waals surface area contributed by atoms with E-state index in [4.69, 9.17) is 0 Å². The average molecular weight is 502 g/mol. The second-order valence-corrected chi connectivity index (χ2v) is 10.4. The lowest BCUT2D eigenvalue weighted by molar-refractivity contribution is -0.786. The summed E-state index contributed by atoms with van der Waals surface area (Å²) in [6.07, 6.45) is 9.00. The quantitative estimate of drug-likeness (QED) is 0.139. The molecule has 3 N–H and O–H groups in total. The summed E-state index contributed by atoms with van der Waals surface area (Å²) >= 11 is 0. The van der Waals surface area contributed by atoms with Crippen LogP contribution in [0.15, 0.2) is 30.3 Å². The number of carbonyl (C=O) groups is 4. The van der Waals surface area contributed by atoms with Crippen molar-refractivity contribution in [1.82, 2.24) is 15.7 Å². The lowest BCUT2D eigenvalue weighted by Gasteiger charge is -2.36. The van der Waals surface area contributed by atoms with Crippen molar-refractivity contribution in [3.63, 3.8) is 0 Å². The molecule has 3 rings (SSSR count). The first-order valence-electron chi connectivity index (χ1n) is 13.3. The number of hydrogen-bond acceptors (Lipinski definition) is 5. The molecule has 198 valence electrons. The van der Waals surface area contributed by atoms with Crippen molar-refractivity contribution in [3.8, 4) is 0 Å². The monoisotopic (exact) mass is 501 g/mol. The van der Waals surface area contributed by atoms with Gasteiger partial charge in [-0.2, -0.15) is 4.48 Å². The highest BCUT2D eigenvalue weighted by Crippen LogP contribution is 2.35. The number of urea groups is 2. The van der Waals surface area contributed by atoms with Crippen molar-refractivity contribution in [3.05, 3.63) is 35.9 Å². The third-order valence-electron chi connectivity index (χ3n) is 7.85. The van der Waals surface area contributed by atoms with E-state index in [-0.39, 0.29) is 24.9 Å². The Labute approximate surface area is 213 Å². The Morgan fingerprint density at radius 2 is 1.83 bits per heavy atom. The molecule has 2 aliphatic rings. The lowest BCUT2D eigenvalue weighted by atomic mass is 9.91. The molecule has 9 nitrogen and oxygen atoms in total. The summed E-state index contributed by atoms with van der Waals surface area (Å²) in [7, 11) is 0. The molecular formula is C27H41N4O5+. The number of hydroxylamine groups is 2. The van der Waals surface area contributed by atoms with Gasteiger partial charge >= 0.3 is 18.0 Å². The van der Waals surface area contributed by atoms with Gasteiger partial charge in [0.15, 0.2) is 0 Å². The van der Waals surface area contributed by atoms with E-state index in [0.29, 0.717) is 43.3 Å². The largest absolute Gasteiger partial charge is 0.432 e. The number of amides is 6. The Balaban J connectivity index is 1.59. The Hall–Kier alpha value is -2.78. The van der Waals surface area contributed by atoms with E-state index in [0.717, 1.165) is 44.9 Å². The van der Waals surface area contributed by atoms with Crippen LogP contribution in [0.5, 0.6) is 0 Å². The van der Waals surface area contributed by atoms with Gasteiger partial charge in [0.1, 0.15) is 6.04 Å². The van der Waals surface area contributed by atoms with Crippen LogP contribution in [0.1, 0.15) is 70.3 Å². The molecule has 1 heterocycles. The molecule has 36 heavy (non-hydrogen) atoms. The van der Waals surface area contributed by atoms with E-state index >= 15 is 0 Å². The van der Waals surface area contributed by atoms with E-state index in [1.54, 1.807) is 0 Å². The zero-order valence-electron chi connectivity index (χ0n) is 21.4. The van der Waals surface area contributed by atoms with Crippen LogP contribution in [-0.2, 0) is 16.0 Å². The van der Waals surface area contributed by atoms with Crippen molar-refractivity contribution in [2.24, 2.45) is 11.8 Å². The molecular weight excluding hydrogens is 460 g/mol. The smallest absolute Gasteiger partial charge is 0.338 e. The van der Waals surface area contributed by atoms with Crippen LogP contribution in [0.3, 0.4) is 0 Å². The molecule has 1 aliphatic carbocycles. The number of hydrogen-bond donors (Lipinski definition) is 3. The van der Waals surface area contributed by atoms with E-state index in [1.807, 2.05) is 25.1 Å². The molecule has 1 unspecified atom stereocenters. The number of aryl methyl sites for hydroxylation is 1. The summed E-state index contributed by atoms with van der Waals surface area (Å²) in [6.45, 7) is 2.45. The van der Waals surface area contributed by atoms with Crippen molar-refractivity contribution in [2.45, 2.75) is 77.2 Å². The summed E-state index contributed by atoms with van der Waals surface area (Å²) in [5, 5.41) is 15.5. The molecule has 6 amide bonds. The summed E-state index contributed by atoms with van der Waals surface area (Å²) in [5.41, 5.74) is 1.24. The molecule has 1 saturated heterocycles. The normalized spacial score (nSPS) is 22.7. The van der Waals surface area contributed by atoms with Crippen molar-refractivity contribution in [1.29, 1.82) is 0 Å². The fourth-order valence-corrected chi connectivity index (χ4v) is 5.84. The number of rotatable bonds is 11. The molecule has 0 aromatic heterocycles. The predicted octanol–water partition coefficient (Wildman–Crippen LogP) is 4.00. The third-order valence-corrected chi connectivity index (χ3v) is 7.85. The highest BCUT2D eigenvalue weighted by Gasteiger charge is 2.55. The van der Waals surface area contributed by atoms with Gasteiger partial charge in [-0.25, -0.2) is 24.8 Å². The topological polar surface area (TPSA) is 116 Å². The summed E-state index contributed by atoms with van der Waals surface area (Å²) in [6, 6.07) is 8.61. The van der Waals surface area contributed by atoms with Gasteiger partial charge in [-0.1, -0.05) is 56.0 Å². The number of carbonyl (C=O) groups excluding carboxylic acids is 4. The highest BCUT2D eigenvalue weighted by molar-refractivity contribution is 5.95. The third kappa shape index (κ3) is 7.13. The number of nitrogens with one attached hydrogen (secondary N) is 2. The van der Waals surface area contributed by atoms with Crippen LogP contribution in [-0.4, -0.2) is 64.8 Å². The summed E-state index contributed by atoms with van der Waals surface area (Å²) < 4.78 is -0.467. The SMILES string of the molecule is C[C@@H]1CCC[N+]1(C(=O)NC(=O)NCCCCc1ccccc1)C(=O)[C@H](CC1CCCC1)CN(O)C=O. The van der Waals surface area contributed by atoms with Crippen LogP contribution < -0.4 is 10.6 Å². The fourth-order valence-electron chi connectivity index (χ4n) is 5.84. The molecule has 2 fully saturated rings. The minimum atomic E-state index is -0.671. The van der Waals surface area contributed by atoms with Gasteiger partial charge in [0.25, 0.3) is 0 Å². The number of imide groups is 2. The van der Waals surface area contributed by atoms with Gasteiger partial charge in [0, 0.05) is 19.4 Å². The number of likely N-dealkylation sites (tertiary alicyclic amines) is 1. The molecule has 1 saturated carbocycles. The van der Waals surface area contributed by atoms with Gasteiger partial charge in [0.2, 0.25) is 6.41 Å². The van der Waals surface area contributed by atoms with Gasteiger partial charge in [0.05, 0.1) is 19.0 Å². The molecule has 9 heteroatoms. The first-order chi connectivity index (χ1) is 17.4. The molecule has 1 aromatic carbocycles. The van der Waals surface area contributed by atoms with E-state index in [9.17, 15) is 24.4 Å². The van der Waals surface area contributed by atoms with Crippen LogP contribution in [0, 0.1) is 11.8 Å². The number of unbranched alkanes of at least 4 members (excludes halogenated alkanes) is 1. The summed E-state index contributed by atoms with van der Waals surface area (Å²) in [5.74, 6) is -0.657. The van der Waals surface area contributed by atoms with Gasteiger partial charge in [-0.05, 0) is 44.1 Å². The first kappa shape index (κ1) is 27.8. The minimum Gasteiger partial charge on any atom is -0.338 e. The number of nitrogens with zero attached hydrogens (tertiary/aromatic N) is 2.